The van der Waals surface area contributed by atoms with E-state index in [-0.39, 0.29) is 12.0 Å². The predicted molar refractivity (Wildman–Crippen MR) is 86.5 cm³/mol. The van der Waals surface area contributed by atoms with E-state index in [2.05, 4.69) is 4.76 Å². The summed E-state index contributed by atoms with van der Waals surface area (Å²) in [5, 5.41) is 0. The normalized spacial score (nSPS) is 20.9. The highest BCUT2D eigenvalue weighted by molar-refractivity contribution is 7.52. The standard InChI is InChI=1S/C14H30N3O3P/c1-11(2)12(3)19-21(18,20-14(4,5)6)15-13-16(7)9-10-17(13)8/h11-12H,9-10H2,1-8H3. The monoisotopic (exact) mass is 319 g/mol. The van der Waals surface area contributed by atoms with Crippen LogP contribution in [-0.4, -0.2) is 54.6 Å². The molecular formula is C14H30N3O3P. The van der Waals surface area contributed by atoms with Crippen molar-refractivity contribution in [3.63, 3.8) is 0 Å². The van der Waals surface area contributed by atoms with Crippen LogP contribution in [0.3, 0.4) is 0 Å². The first-order valence-corrected chi connectivity index (χ1v) is 8.95. The molecule has 0 N–H and O–H groups in total. The summed E-state index contributed by atoms with van der Waals surface area (Å²) in [6, 6.07) is 0. The van der Waals surface area contributed by atoms with Gasteiger partial charge in [-0.1, -0.05) is 13.8 Å². The molecule has 2 unspecified atom stereocenters. The Morgan fingerprint density at radius 1 is 1.14 bits per heavy atom. The van der Waals surface area contributed by atoms with Gasteiger partial charge in [0.05, 0.1) is 11.7 Å². The lowest BCUT2D eigenvalue weighted by Gasteiger charge is -2.28. The Balaban J connectivity index is 3.07. The van der Waals surface area contributed by atoms with Crippen LogP contribution >= 0.6 is 7.75 Å². The lowest BCUT2D eigenvalue weighted by molar-refractivity contribution is 0.0669. The molecule has 0 spiro atoms. The van der Waals surface area contributed by atoms with Gasteiger partial charge in [-0.2, -0.15) is 0 Å². The van der Waals surface area contributed by atoms with Crippen molar-refractivity contribution >= 4 is 13.7 Å². The Kier molecular flexibility index (Phi) is 5.87. The van der Waals surface area contributed by atoms with Gasteiger partial charge in [0.25, 0.3) is 0 Å². The van der Waals surface area contributed by atoms with Crippen LogP contribution in [0.2, 0.25) is 0 Å². The summed E-state index contributed by atoms with van der Waals surface area (Å²) in [4.78, 5) is 3.92. The molecule has 0 aliphatic carbocycles. The number of hydrogen-bond donors (Lipinski definition) is 0. The SMILES string of the molecule is CC(C)C(C)OP(=O)(N=C1N(C)CCN1C)OC(C)(C)C. The molecule has 1 aliphatic heterocycles. The van der Waals surface area contributed by atoms with E-state index in [1.807, 2.05) is 65.4 Å². The van der Waals surface area contributed by atoms with Crippen LogP contribution in [0, 0.1) is 5.92 Å². The highest BCUT2D eigenvalue weighted by Gasteiger charge is 2.36. The fourth-order valence-electron chi connectivity index (χ4n) is 1.80. The Bertz CT molecular complexity index is 420. The largest absolute Gasteiger partial charge is 0.457 e. The number of likely N-dealkylation sites (N-methyl/N-ethyl adjacent to an activating group) is 2. The third-order valence-electron chi connectivity index (χ3n) is 3.29. The van der Waals surface area contributed by atoms with Gasteiger partial charge in [0, 0.05) is 27.2 Å². The maximum Gasteiger partial charge on any atom is 0.457 e. The molecule has 1 fully saturated rings. The Hall–Kier alpha value is -0.580. The van der Waals surface area contributed by atoms with Crippen molar-refractivity contribution in [2.24, 2.45) is 10.7 Å². The van der Waals surface area contributed by atoms with E-state index in [9.17, 15) is 4.57 Å². The minimum absolute atomic E-state index is 0.195. The van der Waals surface area contributed by atoms with Crippen LogP contribution in [-0.2, 0) is 13.6 Å². The van der Waals surface area contributed by atoms with Gasteiger partial charge in [-0.15, -0.1) is 4.76 Å². The molecule has 0 radical (unpaired) electrons. The van der Waals surface area contributed by atoms with Gasteiger partial charge in [0.1, 0.15) is 0 Å². The molecule has 7 heteroatoms. The van der Waals surface area contributed by atoms with Gasteiger partial charge in [0.15, 0.2) is 0 Å². The van der Waals surface area contributed by atoms with Gasteiger partial charge in [-0.25, -0.2) is 4.57 Å². The fraction of sp³-hybridized carbons (Fsp3) is 0.929. The van der Waals surface area contributed by atoms with Gasteiger partial charge in [-0.05, 0) is 33.6 Å². The molecule has 1 rings (SSSR count). The molecule has 0 aromatic rings. The van der Waals surface area contributed by atoms with Gasteiger partial charge in [0.2, 0.25) is 5.96 Å². The Morgan fingerprint density at radius 2 is 1.62 bits per heavy atom. The van der Waals surface area contributed by atoms with Crippen LogP contribution in [0.15, 0.2) is 4.76 Å². The topological polar surface area (TPSA) is 54.4 Å². The molecule has 124 valence electrons. The number of rotatable bonds is 5. The molecule has 0 aromatic carbocycles. The second-order valence-electron chi connectivity index (χ2n) is 6.97. The molecule has 1 aliphatic rings. The van der Waals surface area contributed by atoms with Crippen molar-refractivity contribution in [2.45, 2.75) is 53.2 Å². The molecule has 0 aromatic heterocycles. The lowest BCUT2D eigenvalue weighted by Crippen LogP contribution is -2.29. The molecule has 0 bridgehead atoms. The molecule has 0 amide bonds. The Labute approximate surface area is 129 Å². The molecule has 0 saturated carbocycles. The van der Waals surface area contributed by atoms with E-state index < -0.39 is 13.3 Å². The summed E-state index contributed by atoms with van der Waals surface area (Å²) in [6.07, 6.45) is -0.195. The van der Waals surface area contributed by atoms with Crippen molar-refractivity contribution in [1.29, 1.82) is 0 Å². The average molecular weight is 319 g/mol. The lowest BCUT2D eigenvalue weighted by atomic mass is 10.1. The first-order chi connectivity index (χ1) is 9.43. The molecule has 1 heterocycles. The summed E-state index contributed by atoms with van der Waals surface area (Å²) < 4.78 is 28.9. The second-order valence-corrected chi connectivity index (χ2v) is 8.50. The molecule has 1 saturated heterocycles. The molecular weight excluding hydrogens is 289 g/mol. The third-order valence-corrected chi connectivity index (χ3v) is 5.09. The number of hydrogen-bond acceptors (Lipinski definition) is 3. The fourth-order valence-corrected chi connectivity index (χ4v) is 3.81. The van der Waals surface area contributed by atoms with Gasteiger partial charge in [-0.3, -0.25) is 9.05 Å². The zero-order valence-electron chi connectivity index (χ0n) is 14.6. The number of nitrogens with zero attached hydrogens (tertiary/aromatic N) is 3. The highest BCUT2D eigenvalue weighted by Crippen LogP contribution is 2.55. The third kappa shape index (κ3) is 5.61. The van der Waals surface area contributed by atoms with Crippen LogP contribution in [0.25, 0.3) is 0 Å². The summed E-state index contributed by atoms with van der Waals surface area (Å²) >= 11 is 0. The highest BCUT2D eigenvalue weighted by atomic mass is 31.2. The zero-order chi connectivity index (χ0) is 16.4. The van der Waals surface area contributed by atoms with E-state index in [0.29, 0.717) is 5.96 Å². The summed E-state index contributed by atoms with van der Waals surface area (Å²) in [7, 11) is 0.282. The van der Waals surface area contributed by atoms with Crippen molar-refractivity contribution in [1.82, 2.24) is 9.80 Å². The predicted octanol–water partition coefficient (Wildman–Crippen LogP) is 3.20. The van der Waals surface area contributed by atoms with Crippen LogP contribution in [0.4, 0.5) is 0 Å². The average Bonchev–Trinajstić information content (AvgIpc) is 2.57. The minimum atomic E-state index is -3.57. The van der Waals surface area contributed by atoms with E-state index >= 15 is 0 Å². The molecule has 21 heavy (non-hydrogen) atoms. The van der Waals surface area contributed by atoms with Gasteiger partial charge < -0.3 is 9.80 Å². The summed E-state index contributed by atoms with van der Waals surface area (Å²) in [5.41, 5.74) is -0.591. The van der Waals surface area contributed by atoms with E-state index in [0.717, 1.165) is 13.1 Å². The van der Waals surface area contributed by atoms with E-state index in [1.54, 1.807) is 0 Å². The smallest absolute Gasteiger partial charge is 0.344 e. The Morgan fingerprint density at radius 3 is 2.00 bits per heavy atom. The van der Waals surface area contributed by atoms with Gasteiger partial charge >= 0.3 is 7.75 Å². The van der Waals surface area contributed by atoms with Crippen LogP contribution in [0.1, 0.15) is 41.5 Å². The van der Waals surface area contributed by atoms with Crippen LogP contribution < -0.4 is 0 Å². The maximum atomic E-state index is 13.1. The zero-order valence-corrected chi connectivity index (χ0v) is 15.5. The summed E-state index contributed by atoms with van der Waals surface area (Å²) in [5.74, 6) is 0.889. The van der Waals surface area contributed by atoms with Crippen molar-refractivity contribution in [2.75, 3.05) is 27.2 Å². The first-order valence-electron chi connectivity index (χ1n) is 7.45. The maximum absolute atomic E-state index is 13.1. The second kappa shape index (κ2) is 6.67. The van der Waals surface area contributed by atoms with E-state index in [1.165, 1.54) is 0 Å². The van der Waals surface area contributed by atoms with Crippen molar-refractivity contribution < 1.29 is 13.6 Å². The van der Waals surface area contributed by atoms with Crippen molar-refractivity contribution in [3.05, 3.63) is 0 Å². The van der Waals surface area contributed by atoms with Crippen molar-refractivity contribution in [3.8, 4) is 0 Å². The minimum Gasteiger partial charge on any atom is -0.344 e. The number of guanidine groups is 1. The molecule has 6 nitrogen and oxygen atoms in total. The van der Waals surface area contributed by atoms with E-state index in [4.69, 9.17) is 9.05 Å². The quantitative estimate of drug-likeness (QED) is 0.728. The molecule has 2 atom stereocenters. The van der Waals surface area contributed by atoms with Crippen LogP contribution in [0.5, 0.6) is 0 Å². The first kappa shape index (κ1) is 18.5. The summed E-state index contributed by atoms with van der Waals surface area (Å²) in [6.45, 7) is 13.2.